The Morgan fingerprint density at radius 3 is 2.42 bits per heavy atom. The smallest absolute Gasteiger partial charge is 0.325 e. The molecular weight excluding hydrogens is 248 g/mol. The van der Waals surface area contributed by atoms with E-state index in [-0.39, 0.29) is 24.9 Å². The largest absolute Gasteiger partial charge is 0.468 e. The van der Waals surface area contributed by atoms with Gasteiger partial charge in [-0.2, -0.15) is 0 Å². The number of hydrogen-bond acceptors (Lipinski definition) is 5. The molecule has 0 N–H and O–H groups in total. The summed E-state index contributed by atoms with van der Waals surface area (Å²) < 4.78 is 9.63. The van der Waals surface area contributed by atoms with Crippen LogP contribution < -0.4 is 0 Å². The Hall–Kier alpha value is -1.85. The summed E-state index contributed by atoms with van der Waals surface area (Å²) >= 11 is 0. The number of aromatic nitrogens is 1. The van der Waals surface area contributed by atoms with Crippen LogP contribution in [0.4, 0.5) is 0 Å². The van der Waals surface area contributed by atoms with Gasteiger partial charge in [0, 0.05) is 11.6 Å². The van der Waals surface area contributed by atoms with E-state index in [0.717, 1.165) is 5.56 Å². The number of esters is 1. The van der Waals surface area contributed by atoms with Gasteiger partial charge in [0.05, 0.1) is 19.2 Å². The first-order valence-electron chi connectivity index (χ1n) is 6.14. The van der Waals surface area contributed by atoms with E-state index < -0.39 is 5.97 Å². The number of hydrogen-bond donors (Lipinski definition) is 0. The topological polar surface area (TPSA) is 72.6 Å². The molecule has 0 atom stereocenters. The number of methoxy groups -OCH3 is 1. The number of rotatable bonds is 5. The van der Waals surface area contributed by atoms with Crippen molar-refractivity contribution in [2.75, 3.05) is 13.7 Å². The van der Waals surface area contributed by atoms with Gasteiger partial charge < -0.3 is 14.2 Å². The van der Waals surface area contributed by atoms with E-state index in [9.17, 15) is 9.59 Å². The minimum atomic E-state index is -0.430. The molecule has 0 aromatic carbocycles. The molecule has 1 aromatic heterocycles. The molecule has 6 nitrogen and oxygen atoms in total. The number of carbonyl (C=O) groups is 2. The fourth-order valence-electron chi connectivity index (χ4n) is 1.77. The first-order valence-corrected chi connectivity index (χ1v) is 6.14. The van der Waals surface area contributed by atoms with E-state index in [1.54, 1.807) is 13.8 Å². The van der Waals surface area contributed by atoms with Crippen molar-refractivity contribution in [1.82, 2.24) is 10.1 Å². The minimum Gasteiger partial charge on any atom is -0.468 e. The van der Waals surface area contributed by atoms with Crippen molar-refractivity contribution >= 4 is 11.9 Å². The van der Waals surface area contributed by atoms with Crippen molar-refractivity contribution in [3.63, 3.8) is 0 Å². The first-order chi connectivity index (χ1) is 8.86. The second-order valence-electron chi connectivity index (χ2n) is 4.67. The van der Waals surface area contributed by atoms with Crippen LogP contribution in [0.15, 0.2) is 4.52 Å². The Kier molecular flexibility index (Phi) is 5.09. The van der Waals surface area contributed by atoms with Crippen LogP contribution in [0.2, 0.25) is 0 Å². The Labute approximate surface area is 112 Å². The predicted molar refractivity (Wildman–Crippen MR) is 68.5 cm³/mol. The molecule has 19 heavy (non-hydrogen) atoms. The standard InChI is InChI=1S/C13H20N2O4/c1-8(2)15(7-13(17)18-5)12(16)6-11-9(3)14-19-10(11)4/h8H,6-7H2,1-5H3. The summed E-state index contributed by atoms with van der Waals surface area (Å²) in [7, 11) is 1.31. The fourth-order valence-corrected chi connectivity index (χ4v) is 1.77. The molecular formula is C13H20N2O4. The summed E-state index contributed by atoms with van der Waals surface area (Å²) in [5.41, 5.74) is 1.48. The highest BCUT2D eigenvalue weighted by atomic mass is 16.5. The van der Waals surface area contributed by atoms with E-state index in [1.165, 1.54) is 12.0 Å². The second kappa shape index (κ2) is 6.36. The zero-order valence-corrected chi connectivity index (χ0v) is 12.0. The summed E-state index contributed by atoms with van der Waals surface area (Å²) in [4.78, 5) is 25.1. The van der Waals surface area contributed by atoms with E-state index in [1.807, 2.05) is 13.8 Å². The Balaban J connectivity index is 2.81. The molecule has 1 aromatic rings. The number of aryl methyl sites for hydroxylation is 2. The van der Waals surface area contributed by atoms with Crippen LogP contribution in [0.3, 0.4) is 0 Å². The van der Waals surface area contributed by atoms with Gasteiger partial charge in [-0.25, -0.2) is 0 Å². The molecule has 0 fully saturated rings. The molecule has 0 aliphatic rings. The van der Waals surface area contributed by atoms with E-state index >= 15 is 0 Å². The van der Waals surface area contributed by atoms with E-state index in [0.29, 0.717) is 11.5 Å². The van der Waals surface area contributed by atoms with Crippen molar-refractivity contribution in [1.29, 1.82) is 0 Å². The molecule has 1 amide bonds. The van der Waals surface area contributed by atoms with Crippen LogP contribution >= 0.6 is 0 Å². The summed E-state index contributed by atoms with van der Waals surface area (Å²) in [5.74, 6) is 0.0586. The van der Waals surface area contributed by atoms with Gasteiger partial charge in [-0.15, -0.1) is 0 Å². The van der Waals surface area contributed by atoms with Crippen LogP contribution in [-0.4, -0.2) is 41.6 Å². The molecule has 0 unspecified atom stereocenters. The fraction of sp³-hybridized carbons (Fsp3) is 0.615. The Morgan fingerprint density at radius 1 is 1.37 bits per heavy atom. The summed E-state index contributed by atoms with van der Waals surface area (Å²) in [6, 6.07) is -0.0768. The summed E-state index contributed by atoms with van der Waals surface area (Å²) in [6.07, 6.45) is 0.177. The van der Waals surface area contributed by atoms with Gasteiger partial charge in [-0.05, 0) is 27.7 Å². The van der Waals surface area contributed by atoms with Crippen molar-refractivity contribution in [3.05, 3.63) is 17.0 Å². The predicted octanol–water partition coefficient (Wildman–Crippen LogP) is 1.24. The number of nitrogens with zero attached hydrogens (tertiary/aromatic N) is 2. The number of ether oxygens (including phenoxy) is 1. The highest BCUT2D eigenvalue weighted by molar-refractivity contribution is 5.84. The lowest BCUT2D eigenvalue weighted by molar-refractivity contribution is -0.148. The Morgan fingerprint density at radius 2 is 2.00 bits per heavy atom. The highest BCUT2D eigenvalue weighted by Crippen LogP contribution is 2.15. The van der Waals surface area contributed by atoms with Crippen LogP contribution in [0.5, 0.6) is 0 Å². The quantitative estimate of drug-likeness (QED) is 0.751. The lowest BCUT2D eigenvalue weighted by Gasteiger charge is -2.25. The molecule has 0 aliphatic carbocycles. The highest BCUT2D eigenvalue weighted by Gasteiger charge is 2.23. The minimum absolute atomic E-state index is 0.0453. The van der Waals surface area contributed by atoms with Gasteiger partial charge in [0.1, 0.15) is 12.3 Å². The third kappa shape index (κ3) is 3.81. The average molecular weight is 268 g/mol. The maximum atomic E-state index is 12.3. The van der Waals surface area contributed by atoms with Gasteiger partial charge in [-0.3, -0.25) is 9.59 Å². The Bertz CT molecular complexity index is 446. The lowest BCUT2D eigenvalue weighted by atomic mass is 10.1. The monoisotopic (exact) mass is 268 g/mol. The molecule has 106 valence electrons. The molecule has 6 heteroatoms. The van der Waals surface area contributed by atoms with Crippen LogP contribution in [0.25, 0.3) is 0 Å². The van der Waals surface area contributed by atoms with Crippen LogP contribution in [-0.2, 0) is 20.7 Å². The van der Waals surface area contributed by atoms with Gasteiger partial charge in [0.25, 0.3) is 0 Å². The maximum Gasteiger partial charge on any atom is 0.325 e. The molecule has 0 saturated heterocycles. The first kappa shape index (κ1) is 15.2. The van der Waals surface area contributed by atoms with E-state index in [4.69, 9.17) is 4.52 Å². The summed E-state index contributed by atoms with van der Waals surface area (Å²) in [5, 5.41) is 3.81. The second-order valence-corrected chi connectivity index (χ2v) is 4.67. The number of amides is 1. The van der Waals surface area contributed by atoms with Crippen LogP contribution in [0, 0.1) is 13.8 Å². The molecule has 0 spiro atoms. The van der Waals surface area contributed by atoms with Gasteiger partial charge in [0.2, 0.25) is 5.91 Å². The van der Waals surface area contributed by atoms with Gasteiger partial charge in [0.15, 0.2) is 0 Å². The van der Waals surface area contributed by atoms with Crippen molar-refractivity contribution in [3.8, 4) is 0 Å². The zero-order chi connectivity index (χ0) is 14.6. The molecule has 0 saturated carbocycles. The van der Waals surface area contributed by atoms with Crippen LogP contribution in [0.1, 0.15) is 30.9 Å². The summed E-state index contributed by atoms with van der Waals surface area (Å²) in [6.45, 7) is 7.22. The zero-order valence-electron chi connectivity index (χ0n) is 12.0. The van der Waals surface area contributed by atoms with Crippen molar-refractivity contribution < 1.29 is 18.8 Å². The van der Waals surface area contributed by atoms with Crippen molar-refractivity contribution in [2.45, 2.75) is 40.2 Å². The SMILES string of the molecule is COC(=O)CN(C(=O)Cc1c(C)noc1C)C(C)C. The lowest BCUT2D eigenvalue weighted by Crippen LogP contribution is -2.42. The average Bonchev–Trinajstić information content (AvgIpc) is 2.66. The van der Waals surface area contributed by atoms with E-state index in [2.05, 4.69) is 9.89 Å². The molecule has 1 rings (SSSR count). The van der Waals surface area contributed by atoms with Gasteiger partial charge >= 0.3 is 5.97 Å². The maximum absolute atomic E-state index is 12.3. The number of carbonyl (C=O) groups excluding carboxylic acids is 2. The molecule has 0 aliphatic heterocycles. The molecule has 1 heterocycles. The molecule has 0 radical (unpaired) electrons. The third-order valence-electron chi connectivity index (χ3n) is 2.98. The third-order valence-corrected chi connectivity index (χ3v) is 2.98. The normalized spacial score (nSPS) is 10.6. The molecule has 0 bridgehead atoms. The van der Waals surface area contributed by atoms with Gasteiger partial charge in [-0.1, -0.05) is 5.16 Å². The van der Waals surface area contributed by atoms with Crippen molar-refractivity contribution in [2.24, 2.45) is 0 Å².